The van der Waals surface area contributed by atoms with Crippen LogP contribution in [0.3, 0.4) is 0 Å². The number of nitrogens with one attached hydrogen (secondary N) is 2. The summed E-state index contributed by atoms with van der Waals surface area (Å²) in [4.78, 5) is 28.4. The number of aromatic nitrogens is 2. The molecular weight excluding hydrogens is 396 g/mol. The highest BCUT2D eigenvalue weighted by atomic mass is 32.2. The van der Waals surface area contributed by atoms with Crippen molar-refractivity contribution >= 4 is 27.2 Å². The summed E-state index contributed by atoms with van der Waals surface area (Å²) in [6, 6.07) is 11.0. The Morgan fingerprint density at radius 3 is 2.48 bits per heavy atom. The van der Waals surface area contributed by atoms with Crippen LogP contribution in [-0.2, 0) is 9.84 Å². The van der Waals surface area contributed by atoms with Crippen LogP contribution in [0.5, 0.6) is 5.75 Å². The van der Waals surface area contributed by atoms with Crippen molar-refractivity contribution in [2.45, 2.75) is 11.6 Å². The number of sulfone groups is 1. The SMILES string of the molecule is CS(=O)(=O)c1nc(C(=O)NCCCNC(=O)c2cccc(O)c2)c2ccccn12. The number of aromatic hydroxyl groups is 1. The second-order valence-corrected chi connectivity index (χ2v) is 8.30. The molecule has 2 amide bonds. The van der Waals surface area contributed by atoms with Crippen LogP contribution < -0.4 is 10.6 Å². The smallest absolute Gasteiger partial charge is 0.272 e. The van der Waals surface area contributed by atoms with Crippen LogP contribution in [-0.4, -0.2) is 54.1 Å². The Morgan fingerprint density at radius 1 is 1.07 bits per heavy atom. The van der Waals surface area contributed by atoms with Gasteiger partial charge in [-0.3, -0.25) is 14.0 Å². The molecular formula is C19H20N4O5S. The molecule has 0 saturated heterocycles. The van der Waals surface area contributed by atoms with E-state index in [1.807, 2.05) is 0 Å². The minimum Gasteiger partial charge on any atom is -0.508 e. The zero-order valence-electron chi connectivity index (χ0n) is 15.6. The Bertz CT molecular complexity index is 1170. The fourth-order valence-corrected chi connectivity index (χ4v) is 3.54. The number of nitrogens with zero attached hydrogens (tertiary/aromatic N) is 2. The topological polar surface area (TPSA) is 130 Å². The van der Waals surface area contributed by atoms with Crippen LogP contribution in [0.1, 0.15) is 27.3 Å². The third-order valence-electron chi connectivity index (χ3n) is 4.10. The van der Waals surface area contributed by atoms with Crippen LogP contribution in [0.15, 0.2) is 53.8 Å². The number of amides is 2. The van der Waals surface area contributed by atoms with Gasteiger partial charge in [-0.1, -0.05) is 12.1 Å². The minimum atomic E-state index is -3.60. The average molecular weight is 416 g/mol. The van der Waals surface area contributed by atoms with E-state index in [2.05, 4.69) is 15.6 Å². The highest BCUT2D eigenvalue weighted by Crippen LogP contribution is 2.16. The molecule has 29 heavy (non-hydrogen) atoms. The Kier molecular flexibility index (Phi) is 5.83. The molecule has 3 rings (SSSR count). The van der Waals surface area contributed by atoms with Gasteiger partial charge in [-0.25, -0.2) is 13.4 Å². The molecule has 0 bridgehead atoms. The molecule has 0 unspecified atom stereocenters. The first-order valence-electron chi connectivity index (χ1n) is 8.80. The van der Waals surface area contributed by atoms with E-state index in [1.165, 1.54) is 22.7 Å². The Hall–Kier alpha value is -3.40. The van der Waals surface area contributed by atoms with Crippen LogP contribution in [0.2, 0.25) is 0 Å². The molecule has 152 valence electrons. The molecule has 2 heterocycles. The van der Waals surface area contributed by atoms with Gasteiger partial charge < -0.3 is 15.7 Å². The zero-order chi connectivity index (χ0) is 21.0. The van der Waals surface area contributed by atoms with Gasteiger partial charge in [-0.15, -0.1) is 0 Å². The van der Waals surface area contributed by atoms with Crippen molar-refractivity contribution in [3.63, 3.8) is 0 Å². The number of phenolic OH excluding ortho intramolecular Hbond substituents is 1. The number of fused-ring (bicyclic) bond motifs is 1. The number of benzene rings is 1. The molecule has 0 aliphatic heterocycles. The summed E-state index contributed by atoms with van der Waals surface area (Å²) in [6.07, 6.45) is 3.03. The van der Waals surface area contributed by atoms with Gasteiger partial charge in [0.1, 0.15) is 5.75 Å². The number of rotatable bonds is 7. The molecule has 3 N–H and O–H groups in total. The second-order valence-electron chi connectivity index (χ2n) is 6.39. The van der Waals surface area contributed by atoms with Gasteiger partial charge in [0.05, 0.1) is 5.52 Å². The van der Waals surface area contributed by atoms with E-state index >= 15 is 0 Å². The zero-order valence-corrected chi connectivity index (χ0v) is 16.4. The number of hydrogen-bond acceptors (Lipinski definition) is 6. The van der Waals surface area contributed by atoms with Crippen molar-refractivity contribution in [2.24, 2.45) is 0 Å². The molecule has 0 atom stereocenters. The minimum absolute atomic E-state index is 0.00525. The lowest BCUT2D eigenvalue weighted by Gasteiger charge is -2.06. The van der Waals surface area contributed by atoms with E-state index in [9.17, 15) is 23.1 Å². The lowest BCUT2D eigenvalue weighted by Crippen LogP contribution is -2.30. The van der Waals surface area contributed by atoms with Gasteiger partial charge in [0.15, 0.2) is 5.69 Å². The molecule has 9 nitrogen and oxygen atoms in total. The first kappa shape index (κ1) is 20.3. The van der Waals surface area contributed by atoms with E-state index in [1.54, 1.807) is 30.3 Å². The Labute approximate surface area is 167 Å². The molecule has 0 saturated carbocycles. The summed E-state index contributed by atoms with van der Waals surface area (Å²) in [7, 11) is -3.60. The van der Waals surface area contributed by atoms with E-state index in [-0.39, 0.29) is 29.1 Å². The van der Waals surface area contributed by atoms with Crippen LogP contribution in [0, 0.1) is 0 Å². The monoisotopic (exact) mass is 416 g/mol. The summed E-state index contributed by atoms with van der Waals surface area (Å²) in [5.41, 5.74) is 0.754. The van der Waals surface area contributed by atoms with Crippen molar-refractivity contribution in [1.29, 1.82) is 0 Å². The predicted octanol–water partition coefficient (Wildman–Crippen LogP) is 0.993. The van der Waals surface area contributed by atoms with Crippen molar-refractivity contribution in [3.8, 4) is 5.75 Å². The van der Waals surface area contributed by atoms with E-state index < -0.39 is 15.7 Å². The molecule has 0 radical (unpaired) electrons. The third kappa shape index (κ3) is 4.72. The maximum absolute atomic E-state index is 12.5. The molecule has 10 heteroatoms. The standard InChI is InChI=1S/C19H20N4O5S/c1-29(27,28)19-22-16(15-8-2-3-11-23(15)19)18(26)21-10-5-9-20-17(25)13-6-4-7-14(24)12-13/h2-4,6-8,11-12,24H,5,9-10H2,1H3,(H,20,25)(H,21,26). The Balaban J connectivity index is 1.57. The van der Waals surface area contributed by atoms with Crippen LogP contribution in [0.25, 0.3) is 5.52 Å². The van der Waals surface area contributed by atoms with Crippen molar-refractivity contribution in [3.05, 3.63) is 59.9 Å². The quantitative estimate of drug-likeness (QED) is 0.493. The molecule has 0 spiro atoms. The Morgan fingerprint density at radius 2 is 1.79 bits per heavy atom. The van der Waals surface area contributed by atoms with Gasteiger partial charge in [0.2, 0.25) is 15.0 Å². The number of pyridine rings is 1. The highest BCUT2D eigenvalue weighted by Gasteiger charge is 2.22. The second kappa shape index (κ2) is 8.31. The molecule has 0 aliphatic rings. The largest absolute Gasteiger partial charge is 0.508 e. The molecule has 0 fully saturated rings. The fraction of sp³-hybridized carbons (Fsp3) is 0.211. The van der Waals surface area contributed by atoms with E-state index in [0.29, 0.717) is 24.0 Å². The van der Waals surface area contributed by atoms with Crippen molar-refractivity contribution in [1.82, 2.24) is 20.0 Å². The van der Waals surface area contributed by atoms with Crippen LogP contribution in [0.4, 0.5) is 0 Å². The summed E-state index contributed by atoms with van der Waals surface area (Å²) in [5.74, 6) is -0.821. The number of carbonyl (C=O) groups excluding carboxylic acids is 2. The first-order valence-corrected chi connectivity index (χ1v) is 10.7. The third-order valence-corrected chi connectivity index (χ3v) is 5.05. The lowest BCUT2D eigenvalue weighted by atomic mass is 10.2. The summed E-state index contributed by atoms with van der Waals surface area (Å²) in [6.45, 7) is 0.576. The van der Waals surface area contributed by atoms with Crippen LogP contribution >= 0.6 is 0 Å². The fourth-order valence-electron chi connectivity index (χ4n) is 2.76. The summed E-state index contributed by atoms with van der Waals surface area (Å²) >= 11 is 0. The summed E-state index contributed by atoms with van der Waals surface area (Å²) in [5, 5.41) is 14.6. The number of hydrogen-bond donors (Lipinski definition) is 3. The molecule has 2 aromatic heterocycles. The lowest BCUT2D eigenvalue weighted by molar-refractivity contribution is 0.0949. The number of carbonyl (C=O) groups is 2. The molecule has 0 aliphatic carbocycles. The normalized spacial score (nSPS) is 11.3. The van der Waals surface area contributed by atoms with Gasteiger partial charge in [0.25, 0.3) is 11.8 Å². The van der Waals surface area contributed by atoms with Gasteiger partial charge in [-0.05, 0) is 36.8 Å². The van der Waals surface area contributed by atoms with E-state index in [0.717, 1.165) is 6.26 Å². The van der Waals surface area contributed by atoms with Gasteiger partial charge >= 0.3 is 0 Å². The van der Waals surface area contributed by atoms with Gasteiger partial charge in [-0.2, -0.15) is 0 Å². The maximum Gasteiger partial charge on any atom is 0.272 e. The highest BCUT2D eigenvalue weighted by molar-refractivity contribution is 7.90. The summed E-state index contributed by atoms with van der Waals surface area (Å²) < 4.78 is 25.2. The van der Waals surface area contributed by atoms with Crippen molar-refractivity contribution in [2.75, 3.05) is 19.3 Å². The number of phenols is 1. The van der Waals surface area contributed by atoms with E-state index in [4.69, 9.17) is 0 Å². The molecule has 1 aromatic carbocycles. The predicted molar refractivity (Wildman–Crippen MR) is 106 cm³/mol. The first-order chi connectivity index (χ1) is 13.8. The number of imidazole rings is 1. The maximum atomic E-state index is 12.5. The average Bonchev–Trinajstić information content (AvgIpc) is 3.07. The van der Waals surface area contributed by atoms with Crippen molar-refractivity contribution < 1.29 is 23.1 Å². The van der Waals surface area contributed by atoms with Gasteiger partial charge in [0, 0.05) is 31.1 Å². The molecule has 3 aromatic rings.